The molecule has 0 radical (unpaired) electrons. The SMILES string of the molecule is CC(C)=CCCC(C)=CCCC(C)=CCOc1c(OCCCCc2ccc(Oc3cccc(F)c3)cc2)ccc(C(=O)O)c1C(=O)O. The van der Waals surface area contributed by atoms with Crippen LogP contribution in [-0.4, -0.2) is 35.4 Å². The van der Waals surface area contributed by atoms with Gasteiger partial charge in [-0.3, -0.25) is 0 Å². The molecule has 0 spiro atoms. The number of carboxylic acid groups (broad SMARTS) is 2. The molecule has 0 aliphatic rings. The maximum atomic E-state index is 13.4. The second kappa shape index (κ2) is 19.0. The zero-order valence-corrected chi connectivity index (χ0v) is 27.7. The van der Waals surface area contributed by atoms with Crippen LogP contribution in [0.5, 0.6) is 23.0 Å². The number of ether oxygens (including phenoxy) is 3. The van der Waals surface area contributed by atoms with Crippen molar-refractivity contribution in [1.29, 1.82) is 0 Å². The van der Waals surface area contributed by atoms with E-state index in [2.05, 4.69) is 32.9 Å². The van der Waals surface area contributed by atoms with Crippen molar-refractivity contribution in [3.05, 3.63) is 118 Å². The summed E-state index contributed by atoms with van der Waals surface area (Å²) >= 11 is 0. The van der Waals surface area contributed by atoms with Crippen LogP contribution in [-0.2, 0) is 6.42 Å². The van der Waals surface area contributed by atoms with Crippen LogP contribution >= 0.6 is 0 Å². The summed E-state index contributed by atoms with van der Waals surface area (Å²) in [4.78, 5) is 23.9. The quantitative estimate of drug-likeness (QED) is 0.0989. The Kier molecular flexibility index (Phi) is 14.8. The Balaban J connectivity index is 1.56. The first-order chi connectivity index (χ1) is 22.5. The molecule has 3 aromatic rings. The molecule has 0 amide bonds. The summed E-state index contributed by atoms with van der Waals surface area (Å²) in [6.07, 6.45) is 12.4. The smallest absolute Gasteiger partial charge is 0.340 e. The lowest BCUT2D eigenvalue weighted by molar-refractivity contribution is 0.0647. The highest BCUT2D eigenvalue weighted by molar-refractivity contribution is 6.04. The average molecular weight is 645 g/mol. The maximum absolute atomic E-state index is 13.4. The largest absolute Gasteiger partial charge is 0.490 e. The lowest BCUT2D eigenvalue weighted by Gasteiger charge is -2.16. The standard InChI is InChI=1S/C39H45FO7/c1-27(2)10-7-11-28(3)12-8-13-29(4)23-25-46-37-35(22-21-34(38(41)42)36(37)39(43)44)45-24-6-5-14-30-17-19-32(20-18-30)47-33-16-9-15-31(40)26-33/h9-10,12,15-23,26H,5-8,11,13-14,24-25H2,1-4H3,(H,41,42)(H,43,44). The third-order valence-corrected chi connectivity index (χ3v) is 7.42. The van der Waals surface area contributed by atoms with Crippen molar-refractivity contribution in [3.63, 3.8) is 0 Å². The molecule has 0 fully saturated rings. The van der Waals surface area contributed by atoms with Gasteiger partial charge in [0.25, 0.3) is 0 Å². The molecule has 0 bridgehead atoms. The van der Waals surface area contributed by atoms with Gasteiger partial charge in [0.2, 0.25) is 0 Å². The summed E-state index contributed by atoms with van der Waals surface area (Å²) in [6, 6.07) is 16.2. The molecule has 7 nitrogen and oxygen atoms in total. The number of hydrogen-bond acceptors (Lipinski definition) is 5. The Morgan fingerprint density at radius 3 is 2.13 bits per heavy atom. The summed E-state index contributed by atoms with van der Waals surface area (Å²) < 4.78 is 30.9. The van der Waals surface area contributed by atoms with Crippen molar-refractivity contribution in [1.82, 2.24) is 0 Å². The van der Waals surface area contributed by atoms with E-state index in [1.54, 1.807) is 12.1 Å². The van der Waals surface area contributed by atoms with Gasteiger partial charge < -0.3 is 24.4 Å². The topological polar surface area (TPSA) is 102 Å². The van der Waals surface area contributed by atoms with E-state index in [0.717, 1.165) is 49.7 Å². The minimum Gasteiger partial charge on any atom is -0.490 e. The van der Waals surface area contributed by atoms with Crippen LogP contribution in [0.2, 0.25) is 0 Å². The van der Waals surface area contributed by atoms with Crippen molar-refractivity contribution in [2.24, 2.45) is 0 Å². The number of rotatable bonds is 19. The van der Waals surface area contributed by atoms with E-state index in [1.807, 2.05) is 37.3 Å². The Bertz CT molecular complexity index is 1580. The minimum absolute atomic E-state index is 0.0771. The second-order valence-corrected chi connectivity index (χ2v) is 11.7. The van der Waals surface area contributed by atoms with Crippen LogP contribution < -0.4 is 14.2 Å². The monoisotopic (exact) mass is 644 g/mol. The molecule has 0 aromatic heterocycles. The van der Waals surface area contributed by atoms with E-state index in [4.69, 9.17) is 14.2 Å². The number of carboxylic acids is 2. The fraction of sp³-hybridized carbons (Fsp3) is 0.333. The molecule has 250 valence electrons. The molecule has 0 saturated carbocycles. The first-order valence-electron chi connectivity index (χ1n) is 15.9. The molecule has 8 heteroatoms. The molecule has 0 atom stereocenters. The van der Waals surface area contributed by atoms with Crippen molar-refractivity contribution >= 4 is 11.9 Å². The Labute approximate surface area is 277 Å². The van der Waals surface area contributed by atoms with Gasteiger partial charge in [0, 0.05) is 6.07 Å². The number of hydrogen-bond donors (Lipinski definition) is 2. The van der Waals surface area contributed by atoms with E-state index in [0.29, 0.717) is 17.9 Å². The summed E-state index contributed by atoms with van der Waals surface area (Å²) in [5.74, 6) is -1.99. The fourth-order valence-corrected chi connectivity index (χ4v) is 4.82. The molecular formula is C39H45FO7. The van der Waals surface area contributed by atoms with Crippen LogP contribution in [0.15, 0.2) is 95.6 Å². The predicted octanol–water partition coefficient (Wildman–Crippen LogP) is 10.2. The van der Waals surface area contributed by atoms with Crippen LogP contribution in [0, 0.1) is 5.82 Å². The molecule has 2 N–H and O–H groups in total. The van der Waals surface area contributed by atoms with Crippen LogP contribution in [0.4, 0.5) is 4.39 Å². The predicted molar refractivity (Wildman–Crippen MR) is 183 cm³/mol. The van der Waals surface area contributed by atoms with Crippen LogP contribution in [0.1, 0.15) is 92.5 Å². The maximum Gasteiger partial charge on any atom is 0.340 e. The average Bonchev–Trinajstić information content (AvgIpc) is 3.01. The normalized spacial score (nSPS) is 11.6. The van der Waals surface area contributed by atoms with E-state index >= 15 is 0 Å². The Morgan fingerprint density at radius 2 is 1.47 bits per heavy atom. The number of aromatic carboxylic acids is 2. The number of allylic oxidation sites excluding steroid dienone is 5. The third-order valence-electron chi connectivity index (χ3n) is 7.42. The van der Waals surface area contributed by atoms with E-state index < -0.39 is 17.5 Å². The fourth-order valence-electron chi connectivity index (χ4n) is 4.82. The van der Waals surface area contributed by atoms with Crippen LogP contribution in [0.3, 0.4) is 0 Å². The van der Waals surface area contributed by atoms with E-state index in [-0.39, 0.29) is 36.1 Å². The Hall–Kier alpha value is -4.85. The zero-order valence-electron chi connectivity index (χ0n) is 27.7. The number of carbonyl (C=O) groups is 2. The van der Waals surface area contributed by atoms with E-state index in [9.17, 15) is 24.2 Å². The second-order valence-electron chi connectivity index (χ2n) is 11.7. The summed E-state index contributed by atoms with van der Waals surface area (Å²) in [7, 11) is 0. The van der Waals surface area contributed by atoms with Crippen molar-refractivity contribution in [2.75, 3.05) is 13.2 Å². The molecule has 0 aliphatic heterocycles. The van der Waals surface area contributed by atoms with E-state index in [1.165, 1.54) is 35.4 Å². The molecule has 0 heterocycles. The molecule has 47 heavy (non-hydrogen) atoms. The minimum atomic E-state index is -1.40. The summed E-state index contributed by atoms with van der Waals surface area (Å²) in [5.41, 5.74) is 4.04. The first kappa shape index (κ1) is 36.6. The first-order valence-corrected chi connectivity index (χ1v) is 15.9. The summed E-state index contributed by atoms with van der Waals surface area (Å²) in [5, 5.41) is 19.5. The van der Waals surface area contributed by atoms with Crippen molar-refractivity contribution in [2.45, 2.75) is 72.6 Å². The molecule has 3 rings (SSSR count). The molecule has 0 saturated heterocycles. The number of unbranched alkanes of at least 4 members (excludes halogenated alkanes) is 1. The van der Waals surface area contributed by atoms with Gasteiger partial charge in [-0.15, -0.1) is 0 Å². The van der Waals surface area contributed by atoms with Gasteiger partial charge in [0.05, 0.1) is 12.2 Å². The van der Waals surface area contributed by atoms with Gasteiger partial charge in [-0.2, -0.15) is 0 Å². The lowest BCUT2D eigenvalue weighted by Crippen LogP contribution is -2.13. The lowest BCUT2D eigenvalue weighted by atomic mass is 10.1. The van der Waals surface area contributed by atoms with Crippen molar-refractivity contribution < 1.29 is 38.4 Å². The van der Waals surface area contributed by atoms with Gasteiger partial charge in [-0.1, -0.05) is 47.1 Å². The highest BCUT2D eigenvalue weighted by Crippen LogP contribution is 2.35. The molecule has 0 unspecified atom stereocenters. The van der Waals surface area contributed by atoms with Gasteiger partial charge in [0.1, 0.15) is 29.5 Å². The number of benzene rings is 3. The van der Waals surface area contributed by atoms with Gasteiger partial charge in [-0.05, 0) is 121 Å². The summed E-state index contributed by atoms with van der Waals surface area (Å²) in [6.45, 7) is 8.69. The number of halogens is 1. The molecule has 0 aliphatic carbocycles. The van der Waals surface area contributed by atoms with Crippen molar-refractivity contribution in [3.8, 4) is 23.0 Å². The molecular weight excluding hydrogens is 599 g/mol. The molecule has 3 aromatic carbocycles. The third kappa shape index (κ3) is 12.8. The zero-order chi connectivity index (χ0) is 34.2. The van der Waals surface area contributed by atoms with Crippen LogP contribution in [0.25, 0.3) is 0 Å². The number of aryl methyl sites for hydroxylation is 1. The highest BCUT2D eigenvalue weighted by atomic mass is 19.1. The van der Waals surface area contributed by atoms with Gasteiger partial charge in [0.15, 0.2) is 11.5 Å². The highest BCUT2D eigenvalue weighted by Gasteiger charge is 2.25. The van der Waals surface area contributed by atoms with Gasteiger partial charge in [-0.25, -0.2) is 14.0 Å². The van der Waals surface area contributed by atoms with Gasteiger partial charge >= 0.3 is 11.9 Å². The Morgan fingerprint density at radius 1 is 0.766 bits per heavy atom.